The summed E-state index contributed by atoms with van der Waals surface area (Å²) >= 11 is 0. The first kappa shape index (κ1) is 14.2. The predicted molar refractivity (Wildman–Crippen MR) is 67.2 cm³/mol. The molecule has 0 aliphatic heterocycles. The van der Waals surface area contributed by atoms with Crippen LogP contribution in [0.5, 0.6) is 0 Å². The summed E-state index contributed by atoms with van der Waals surface area (Å²) in [6.45, 7) is 6.93. The summed E-state index contributed by atoms with van der Waals surface area (Å²) in [5.41, 5.74) is 0.726. The Morgan fingerprint density at radius 2 is 1.88 bits per heavy atom. The number of hydrogen-bond acceptors (Lipinski definition) is 3. The lowest BCUT2D eigenvalue weighted by Gasteiger charge is -2.21. The molecule has 0 aliphatic carbocycles. The molecule has 0 radical (unpaired) electrons. The van der Waals surface area contributed by atoms with Crippen LogP contribution in [-0.4, -0.2) is 19.1 Å². The molecule has 0 atom stereocenters. The molecule has 17 heavy (non-hydrogen) atoms. The molecule has 0 amide bonds. The molecule has 0 saturated carbocycles. The lowest BCUT2D eigenvalue weighted by molar-refractivity contribution is 0.281. The van der Waals surface area contributed by atoms with E-state index in [9.17, 15) is 8.42 Å². The molecule has 1 aromatic rings. The normalized spacial score (nSPS) is 12.8. The lowest BCUT2D eigenvalue weighted by Crippen LogP contribution is -2.40. The molecular weight excluding hydrogens is 238 g/mol. The van der Waals surface area contributed by atoms with Gasteiger partial charge in [0.1, 0.15) is 0 Å². The van der Waals surface area contributed by atoms with Crippen LogP contribution in [-0.2, 0) is 16.6 Å². The number of benzene rings is 1. The number of sulfonamides is 1. The van der Waals surface area contributed by atoms with Gasteiger partial charge in [-0.2, -0.15) is 0 Å². The minimum absolute atomic E-state index is 0.168. The second kappa shape index (κ2) is 4.76. The van der Waals surface area contributed by atoms with Crippen molar-refractivity contribution in [3.63, 3.8) is 0 Å². The average Bonchev–Trinajstić information content (AvgIpc) is 2.14. The van der Waals surface area contributed by atoms with Crippen molar-refractivity contribution in [2.24, 2.45) is 0 Å². The molecule has 0 fully saturated rings. The van der Waals surface area contributed by atoms with Gasteiger partial charge in [0.05, 0.1) is 11.5 Å². The quantitative estimate of drug-likeness (QED) is 0.863. The molecule has 0 aromatic heterocycles. The Hall–Kier alpha value is -0.910. The van der Waals surface area contributed by atoms with Crippen molar-refractivity contribution in [3.8, 4) is 0 Å². The van der Waals surface area contributed by atoms with Crippen LogP contribution < -0.4 is 4.72 Å². The summed E-state index contributed by atoms with van der Waals surface area (Å²) < 4.78 is 26.9. The van der Waals surface area contributed by atoms with Gasteiger partial charge in [-0.15, -0.1) is 0 Å². The number of rotatable bonds is 3. The van der Waals surface area contributed by atoms with Crippen molar-refractivity contribution < 1.29 is 13.5 Å². The van der Waals surface area contributed by atoms with Gasteiger partial charge in [0.15, 0.2) is 0 Å². The van der Waals surface area contributed by atoms with Crippen molar-refractivity contribution in [3.05, 3.63) is 29.3 Å². The molecule has 4 nitrogen and oxygen atoms in total. The first-order valence-corrected chi connectivity index (χ1v) is 6.88. The van der Waals surface area contributed by atoms with Crippen LogP contribution in [0.1, 0.15) is 31.9 Å². The maximum Gasteiger partial charge on any atom is 0.241 e. The van der Waals surface area contributed by atoms with E-state index in [-0.39, 0.29) is 11.5 Å². The average molecular weight is 257 g/mol. The topological polar surface area (TPSA) is 66.4 Å². The van der Waals surface area contributed by atoms with E-state index in [4.69, 9.17) is 5.11 Å². The number of aryl methyl sites for hydroxylation is 1. The van der Waals surface area contributed by atoms with E-state index in [2.05, 4.69) is 4.72 Å². The molecule has 0 saturated heterocycles. The van der Waals surface area contributed by atoms with Gasteiger partial charge in [0, 0.05) is 5.54 Å². The fourth-order valence-corrected chi connectivity index (χ4v) is 3.21. The Morgan fingerprint density at radius 3 is 2.35 bits per heavy atom. The highest BCUT2D eigenvalue weighted by Crippen LogP contribution is 2.19. The van der Waals surface area contributed by atoms with Gasteiger partial charge in [-0.25, -0.2) is 13.1 Å². The van der Waals surface area contributed by atoms with Gasteiger partial charge in [0.25, 0.3) is 0 Å². The highest BCUT2D eigenvalue weighted by atomic mass is 32.2. The predicted octanol–water partition coefficient (Wildman–Crippen LogP) is 1.56. The molecule has 96 valence electrons. The van der Waals surface area contributed by atoms with Gasteiger partial charge >= 0.3 is 0 Å². The molecular formula is C12H19NO3S. The Bertz CT molecular complexity index is 501. The number of nitrogens with one attached hydrogen (secondary N) is 1. The number of hydrogen-bond donors (Lipinski definition) is 2. The van der Waals surface area contributed by atoms with Crippen LogP contribution in [0.3, 0.4) is 0 Å². The molecule has 1 rings (SSSR count). The van der Waals surface area contributed by atoms with E-state index in [1.165, 1.54) is 6.07 Å². The third-order valence-electron chi connectivity index (χ3n) is 2.17. The summed E-state index contributed by atoms with van der Waals surface area (Å²) in [7, 11) is -3.54. The van der Waals surface area contributed by atoms with Crippen molar-refractivity contribution in [2.45, 2.75) is 44.7 Å². The van der Waals surface area contributed by atoms with Crippen LogP contribution in [0, 0.1) is 6.92 Å². The summed E-state index contributed by atoms with van der Waals surface area (Å²) in [5.74, 6) is 0. The Kier molecular flexibility index (Phi) is 3.96. The molecule has 0 unspecified atom stereocenters. The second-order valence-electron chi connectivity index (χ2n) is 5.11. The second-order valence-corrected chi connectivity index (χ2v) is 6.76. The minimum atomic E-state index is -3.54. The zero-order chi connectivity index (χ0) is 13.3. The Balaban J connectivity index is 3.23. The largest absolute Gasteiger partial charge is 0.392 e. The van der Waals surface area contributed by atoms with Crippen molar-refractivity contribution >= 4 is 10.0 Å². The fourth-order valence-electron chi connectivity index (χ4n) is 1.49. The third kappa shape index (κ3) is 3.80. The van der Waals surface area contributed by atoms with Crippen LogP contribution >= 0.6 is 0 Å². The Labute approximate surface area is 103 Å². The fraction of sp³-hybridized carbons (Fsp3) is 0.500. The van der Waals surface area contributed by atoms with E-state index >= 15 is 0 Å². The maximum atomic E-state index is 12.1. The highest BCUT2D eigenvalue weighted by molar-refractivity contribution is 7.89. The monoisotopic (exact) mass is 257 g/mol. The first-order valence-electron chi connectivity index (χ1n) is 5.40. The molecule has 0 bridgehead atoms. The molecule has 1 aromatic carbocycles. The molecule has 2 N–H and O–H groups in total. The summed E-state index contributed by atoms with van der Waals surface area (Å²) in [5, 5.41) is 9.04. The smallest absolute Gasteiger partial charge is 0.241 e. The SMILES string of the molecule is Cc1ccc(CO)cc1S(=O)(=O)NC(C)(C)C. The van der Waals surface area contributed by atoms with Crippen molar-refractivity contribution in [1.29, 1.82) is 0 Å². The Morgan fingerprint density at radius 1 is 1.29 bits per heavy atom. The van der Waals surface area contributed by atoms with E-state index in [0.29, 0.717) is 11.1 Å². The van der Waals surface area contributed by atoms with Gasteiger partial charge < -0.3 is 5.11 Å². The van der Waals surface area contributed by atoms with Gasteiger partial charge in [-0.05, 0) is 44.9 Å². The van der Waals surface area contributed by atoms with Crippen LogP contribution in [0.15, 0.2) is 23.1 Å². The molecule has 0 spiro atoms. The van der Waals surface area contributed by atoms with E-state index in [1.54, 1.807) is 39.8 Å². The summed E-state index contributed by atoms with van der Waals surface area (Å²) in [6.07, 6.45) is 0. The first-order chi connectivity index (χ1) is 7.65. The van der Waals surface area contributed by atoms with E-state index in [1.807, 2.05) is 0 Å². The van der Waals surface area contributed by atoms with Crippen molar-refractivity contribution in [2.75, 3.05) is 0 Å². The van der Waals surface area contributed by atoms with Crippen LogP contribution in [0.4, 0.5) is 0 Å². The molecule has 0 heterocycles. The number of aliphatic hydroxyl groups excluding tert-OH is 1. The number of aliphatic hydroxyl groups is 1. The van der Waals surface area contributed by atoms with Gasteiger partial charge in [0.2, 0.25) is 10.0 Å². The van der Waals surface area contributed by atoms with Crippen molar-refractivity contribution in [1.82, 2.24) is 4.72 Å². The zero-order valence-electron chi connectivity index (χ0n) is 10.6. The summed E-state index contributed by atoms with van der Waals surface area (Å²) in [4.78, 5) is 0.221. The van der Waals surface area contributed by atoms with Crippen LogP contribution in [0.25, 0.3) is 0 Å². The molecule has 5 heteroatoms. The van der Waals surface area contributed by atoms with Gasteiger partial charge in [-0.1, -0.05) is 12.1 Å². The maximum absolute atomic E-state index is 12.1. The minimum Gasteiger partial charge on any atom is -0.392 e. The molecule has 0 aliphatic rings. The highest BCUT2D eigenvalue weighted by Gasteiger charge is 2.23. The van der Waals surface area contributed by atoms with E-state index < -0.39 is 15.6 Å². The van der Waals surface area contributed by atoms with E-state index in [0.717, 1.165) is 0 Å². The van der Waals surface area contributed by atoms with Crippen LogP contribution in [0.2, 0.25) is 0 Å². The lowest BCUT2D eigenvalue weighted by atomic mass is 10.1. The third-order valence-corrected chi connectivity index (χ3v) is 4.07. The summed E-state index contributed by atoms with van der Waals surface area (Å²) in [6, 6.07) is 4.91. The zero-order valence-corrected chi connectivity index (χ0v) is 11.4. The van der Waals surface area contributed by atoms with Gasteiger partial charge in [-0.3, -0.25) is 0 Å². The standard InChI is InChI=1S/C12H19NO3S/c1-9-5-6-10(8-14)7-11(9)17(15,16)13-12(2,3)4/h5-7,13-14H,8H2,1-4H3.